The molecule has 7 heteroatoms. The first-order valence-electron chi connectivity index (χ1n) is 5.13. The summed E-state index contributed by atoms with van der Waals surface area (Å²) in [6.07, 6.45) is 1.66. The van der Waals surface area contributed by atoms with E-state index in [0.717, 1.165) is 0 Å². The van der Waals surface area contributed by atoms with E-state index in [1.54, 1.807) is 17.2 Å². The number of aromatic nitrogens is 2. The van der Waals surface area contributed by atoms with Crippen molar-refractivity contribution in [3.63, 3.8) is 0 Å². The highest BCUT2D eigenvalue weighted by atomic mass is 16.5. The maximum atomic E-state index is 10.2. The standard InChI is InChI=1S/C10H16N4O3/c1-14(2)10-12-4-3-8(13-10)11-5-6-17-7-9(15)16/h3-4H,5-7H2,1-2H3,(H,15,16)(H,11,12,13). The monoisotopic (exact) mass is 240 g/mol. The lowest BCUT2D eigenvalue weighted by atomic mass is 10.5. The molecular formula is C10H16N4O3. The Morgan fingerprint density at radius 2 is 2.35 bits per heavy atom. The third kappa shape index (κ3) is 5.12. The molecule has 0 unspecified atom stereocenters. The molecule has 2 N–H and O–H groups in total. The van der Waals surface area contributed by atoms with E-state index in [2.05, 4.69) is 15.3 Å². The molecule has 0 aromatic carbocycles. The van der Waals surface area contributed by atoms with E-state index >= 15 is 0 Å². The number of ether oxygens (including phenoxy) is 1. The normalized spacial score (nSPS) is 10.0. The summed E-state index contributed by atoms with van der Waals surface area (Å²) in [6, 6.07) is 1.74. The third-order valence-electron chi connectivity index (χ3n) is 1.82. The Balaban J connectivity index is 2.31. The van der Waals surface area contributed by atoms with Crippen molar-refractivity contribution in [1.29, 1.82) is 0 Å². The molecule has 0 radical (unpaired) electrons. The number of hydrogen-bond acceptors (Lipinski definition) is 6. The van der Waals surface area contributed by atoms with Gasteiger partial charge in [-0.2, -0.15) is 4.98 Å². The van der Waals surface area contributed by atoms with Gasteiger partial charge in [-0.15, -0.1) is 0 Å². The predicted molar refractivity (Wildman–Crippen MR) is 63.3 cm³/mol. The Kier molecular flexibility index (Phi) is 5.15. The molecule has 94 valence electrons. The second-order valence-electron chi connectivity index (χ2n) is 3.51. The molecule has 0 aliphatic heterocycles. The van der Waals surface area contributed by atoms with Crippen molar-refractivity contribution in [2.45, 2.75) is 0 Å². The average Bonchev–Trinajstić information content (AvgIpc) is 2.28. The van der Waals surface area contributed by atoms with Gasteiger partial charge in [-0.3, -0.25) is 0 Å². The molecule has 0 fully saturated rings. The fourth-order valence-electron chi connectivity index (χ4n) is 1.07. The van der Waals surface area contributed by atoms with Gasteiger partial charge in [-0.25, -0.2) is 9.78 Å². The minimum atomic E-state index is -0.970. The molecular weight excluding hydrogens is 224 g/mol. The molecule has 0 bridgehead atoms. The highest BCUT2D eigenvalue weighted by Crippen LogP contribution is 2.07. The van der Waals surface area contributed by atoms with Gasteiger partial charge in [0.15, 0.2) is 0 Å². The highest BCUT2D eigenvalue weighted by molar-refractivity contribution is 5.67. The van der Waals surface area contributed by atoms with Crippen molar-refractivity contribution in [2.24, 2.45) is 0 Å². The van der Waals surface area contributed by atoms with Crippen LogP contribution < -0.4 is 10.2 Å². The molecule has 1 heterocycles. The number of aliphatic carboxylic acids is 1. The summed E-state index contributed by atoms with van der Waals surface area (Å²) in [7, 11) is 3.71. The van der Waals surface area contributed by atoms with Crippen LogP contribution in [0.5, 0.6) is 0 Å². The topological polar surface area (TPSA) is 87.6 Å². The summed E-state index contributed by atoms with van der Waals surface area (Å²) < 4.78 is 4.88. The van der Waals surface area contributed by atoms with Crippen molar-refractivity contribution >= 4 is 17.7 Å². The first-order chi connectivity index (χ1) is 8.09. The zero-order valence-corrected chi connectivity index (χ0v) is 9.88. The molecule has 0 aliphatic rings. The number of anilines is 2. The van der Waals surface area contributed by atoms with E-state index in [4.69, 9.17) is 9.84 Å². The molecule has 1 rings (SSSR count). The zero-order valence-electron chi connectivity index (χ0n) is 9.88. The summed E-state index contributed by atoms with van der Waals surface area (Å²) in [4.78, 5) is 20.3. The van der Waals surface area contributed by atoms with Crippen molar-refractivity contribution in [1.82, 2.24) is 9.97 Å². The first kappa shape index (κ1) is 13.2. The van der Waals surface area contributed by atoms with Crippen LogP contribution in [-0.2, 0) is 9.53 Å². The Bertz CT molecular complexity index is 370. The highest BCUT2D eigenvalue weighted by Gasteiger charge is 2.00. The molecule has 0 saturated heterocycles. The quantitative estimate of drug-likeness (QED) is 0.651. The van der Waals surface area contributed by atoms with Crippen LogP contribution in [0.1, 0.15) is 0 Å². The van der Waals surface area contributed by atoms with E-state index in [1.807, 2.05) is 14.1 Å². The maximum absolute atomic E-state index is 10.2. The van der Waals surface area contributed by atoms with Crippen LogP contribution in [0.2, 0.25) is 0 Å². The minimum Gasteiger partial charge on any atom is -0.480 e. The lowest BCUT2D eigenvalue weighted by Gasteiger charge is -2.11. The van der Waals surface area contributed by atoms with Crippen molar-refractivity contribution < 1.29 is 14.6 Å². The fourth-order valence-corrected chi connectivity index (χ4v) is 1.07. The van der Waals surface area contributed by atoms with Crippen LogP contribution in [-0.4, -0.2) is 54.9 Å². The van der Waals surface area contributed by atoms with E-state index in [9.17, 15) is 4.79 Å². The van der Waals surface area contributed by atoms with Gasteiger partial charge in [0.25, 0.3) is 0 Å². The van der Waals surface area contributed by atoms with Crippen LogP contribution in [0.4, 0.5) is 11.8 Å². The molecule has 17 heavy (non-hydrogen) atoms. The molecule has 0 amide bonds. The van der Waals surface area contributed by atoms with E-state index in [0.29, 0.717) is 24.9 Å². The van der Waals surface area contributed by atoms with Gasteiger partial charge in [0.05, 0.1) is 6.61 Å². The molecule has 0 aliphatic carbocycles. The lowest BCUT2D eigenvalue weighted by Crippen LogP contribution is -2.16. The zero-order chi connectivity index (χ0) is 12.7. The maximum Gasteiger partial charge on any atom is 0.329 e. The van der Waals surface area contributed by atoms with Crippen molar-refractivity contribution in [3.05, 3.63) is 12.3 Å². The van der Waals surface area contributed by atoms with Crippen molar-refractivity contribution in [2.75, 3.05) is 44.1 Å². The first-order valence-corrected chi connectivity index (χ1v) is 5.13. The van der Waals surface area contributed by atoms with Gasteiger partial charge in [0, 0.05) is 26.8 Å². The van der Waals surface area contributed by atoms with Crippen LogP contribution in [0.3, 0.4) is 0 Å². The average molecular weight is 240 g/mol. The lowest BCUT2D eigenvalue weighted by molar-refractivity contribution is -0.142. The Morgan fingerprint density at radius 3 is 3.00 bits per heavy atom. The summed E-state index contributed by atoms with van der Waals surface area (Å²) in [5.74, 6) is 0.325. The van der Waals surface area contributed by atoms with Gasteiger partial charge < -0.3 is 20.1 Å². The fraction of sp³-hybridized carbons (Fsp3) is 0.500. The van der Waals surface area contributed by atoms with Crippen LogP contribution >= 0.6 is 0 Å². The minimum absolute atomic E-state index is 0.283. The molecule has 0 atom stereocenters. The number of carboxylic acids is 1. The van der Waals surface area contributed by atoms with Crippen molar-refractivity contribution in [3.8, 4) is 0 Å². The Labute approximate surface area is 99.4 Å². The number of nitrogens with one attached hydrogen (secondary N) is 1. The van der Waals surface area contributed by atoms with Gasteiger partial charge >= 0.3 is 5.97 Å². The predicted octanol–water partition coefficient (Wildman–Crippen LogP) is 0.0557. The third-order valence-corrected chi connectivity index (χ3v) is 1.82. The molecule has 0 spiro atoms. The summed E-state index contributed by atoms with van der Waals surface area (Å²) in [6.45, 7) is 0.527. The largest absolute Gasteiger partial charge is 0.480 e. The molecule has 1 aromatic heterocycles. The summed E-state index contributed by atoms with van der Waals surface area (Å²) in [5, 5.41) is 11.4. The number of nitrogens with zero attached hydrogens (tertiary/aromatic N) is 3. The van der Waals surface area contributed by atoms with Crippen LogP contribution in [0.15, 0.2) is 12.3 Å². The van der Waals surface area contributed by atoms with Crippen LogP contribution in [0, 0.1) is 0 Å². The number of rotatable bonds is 7. The summed E-state index contributed by atoms with van der Waals surface area (Å²) in [5.41, 5.74) is 0. The summed E-state index contributed by atoms with van der Waals surface area (Å²) >= 11 is 0. The van der Waals surface area contributed by atoms with Gasteiger partial charge in [0.2, 0.25) is 5.95 Å². The number of hydrogen-bond donors (Lipinski definition) is 2. The van der Waals surface area contributed by atoms with E-state index < -0.39 is 5.97 Å². The second-order valence-corrected chi connectivity index (χ2v) is 3.51. The smallest absolute Gasteiger partial charge is 0.329 e. The molecule has 0 saturated carbocycles. The number of carboxylic acid groups (broad SMARTS) is 1. The Hall–Kier alpha value is -1.89. The van der Waals surface area contributed by atoms with Gasteiger partial charge in [-0.1, -0.05) is 0 Å². The number of carbonyl (C=O) groups is 1. The Morgan fingerprint density at radius 1 is 1.59 bits per heavy atom. The van der Waals surface area contributed by atoms with E-state index in [-0.39, 0.29) is 6.61 Å². The van der Waals surface area contributed by atoms with Crippen LogP contribution in [0.25, 0.3) is 0 Å². The molecule has 7 nitrogen and oxygen atoms in total. The van der Waals surface area contributed by atoms with E-state index in [1.165, 1.54) is 0 Å². The molecule has 1 aromatic rings. The second kappa shape index (κ2) is 6.64. The van der Waals surface area contributed by atoms with Gasteiger partial charge in [0.1, 0.15) is 12.4 Å². The van der Waals surface area contributed by atoms with Gasteiger partial charge in [-0.05, 0) is 6.07 Å². The SMILES string of the molecule is CN(C)c1nccc(NCCOCC(=O)O)n1.